The predicted molar refractivity (Wildman–Crippen MR) is 57.4 cm³/mol. The van der Waals surface area contributed by atoms with Crippen LogP contribution >= 0.6 is 0 Å². The van der Waals surface area contributed by atoms with E-state index in [-0.39, 0.29) is 7.43 Å². The summed E-state index contributed by atoms with van der Waals surface area (Å²) in [6, 6.07) is 0. The van der Waals surface area contributed by atoms with E-state index in [1.54, 1.807) is 0 Å². The molecule has 12 heavy (non-hydrogen) atoms. The van der Waals surface area contributed by atoms with Crippen LogP contribution in [0.5, 0.6) is 0 Å². The van der Waals surface area contributed by atoms with Crippen molar-refractivity contribution < 1.29 is 0 Å². The highest BCUT2D eigenvalue weighted by Crippen LogP contribution is 2.24. The van der Waals surface area contributed by atoms with Crippen molar-refractivity contribution in [1.29, 1.82) is 0 Å². The first kappa shape index (κ1) is 12.0. The van der Waals surface area contributed by atoms with E-state index in [2.05, 4.69) is 13.8 Å². The van der Waals surface area contributed by atoms with Crippen LogP contribution in [-0.2, 0) is 0 Å². The molecule has 0 heterocycles. The molecule has 2 rings (SSSR count). The zero-order chi connectivity index (χ0) is 8.10. The Morgan fingerprint density at radius 3 is 1.08 bits per heavy atom. The topological polar surface area (TPSA) is 0 Å². The van der Waals surface area contributed by atoms with Gasteiger partial charge < -0.3 is 0 Å². The summed E-state index contributed by atoms with van der Waals surface area (Å²) in [5.74, 6) is 2.11. The first-order valence-electron chi connectivity index (χ1n) is 5.29. The van der Waals surface area contributed by atoms with E-state index >= 15 is 0 Å². The van der Waals surface area contributed by atoms with Gasteiger partial charge in [0.1, 0.15) is 0 Å². The van der Waals surface area contributed by atoms with E-state index < -0.39 is 0 Å². The van der Waals surface area contributed by atoms with Crippen molar-refractivity contribution in [3.63, 3.8) is 0 Å². The molecule has 0 atom stereocenters. The van der Waals surface area contributed by atoms with Gasteiger partial charge in [0.15, 0.2) is 0 Å². The van der Waals surface area contributed by atoms with Crippen LogP contribution in [-0.4, -0.2) is 0 Å². The lowest BCUT2D eigenvalue weighted by molar-refractivity contribution is 0.346. The first-order chi connectivity index (χ1) is 5.29. The molecule has 74 valence electrons. The second kappa shape index (κ2) is 6.51. The van der Waals surface area contributed by atoms with Crippen LogP contribution in [0.1, 0.15) is 66.2 Å². The van der Waals surface area contributed by atoms with Gasteiger partial charge in [0, 0.05) is 0 Å². The van der Waals surface area contributed by atoms with Crippen molar-refractivity contribution in [3.05, 3.63) is 0 Å². The molecule has 2 fully saturated rings. The van der Waals surface area contributed by atoms with Crippen molar-refractivity contribution in [3.8, 4) is 0 Å². The van der Waals surface area contributed by atoms with Gasteiger partial charge in [0.05, 0.1) is 0 Å². The van der Waals surface area contributed by atoms with Crippen molar-refractivity contribution in [2.45, 2.75) is 66.2 Å². The maximum atomic E-state index is 2.34. The fraction of sp³-hybridized carbons (Fsp3) is 1.00. The van der Waals surface area contributed by atoms with Crippen LogP contribution in [0.4, 0.5) is 0 Å². The van der Waals surface area contributed by atoms with Crippen LogP contribution < -0.4 is 0 Å². The maximum absolute atomic E-state index is 2.34. The average Bonchev–Trinajstić information content (AvgIpc) is 2.36. The summed E-state index contributed by atoms with van der Waals surface area (Å²) in [6.07, 6.45) is 10.4. The van der Waals surface area contributed by atoms with Crippen LogP contribution in [0.2, 0.25) is 0 Å². The molecule has 0 unspecified atom stereocenters. The molecule has 2 aliphatic carbocycles. The highest BCUT2D eigenvalue weighted by molar-refractivity contribution is 4.62. The predicted octanol–water partition coefficient (Wildman–Crippen LogP) is 4.64. The molecule has 2 saturated carbocycles. The van der Waals surface area contributed by atoms with Gasteiger partial charge in [-0.2, -0.15) is 0 Å². The molecule has 0 aromatic carbocycles. The zero-order valence-corrected chi connectivity index (χ0v) is 8.10. The molecule has 0 aliphatic heterocycles. The van der Waals surface area contributed by atoms with E-state index in [1.165, 1.54) is 44.9 Å². The maximum Gasteiger partial charge on any atom is -0.0443 e. The third-order valence-corrected chi connectivity index (χ3v) is 3.04. The summed E-state index contributed by atoms with van der Waals surface area (Å²) in [6.45, 7) is 4.65. The lowest BCUT2D eigenvalue weighted by atomic mass is 9.88. The Kier molecular flexibility index (Phi) is 6.51. The average molecular weight is 170 g/mol. The third-order valence-electron chi connectivity index (χ3n) is 3.04. The minimum atomic E-state index is 0. The normalized spacial score (nSPS) is 23.5. The van der Waals surface area contributed by atoms with Gasteiger partial charge in [-0.3, -0.25) is 0 Å². The SMILES string of the molecule is C.CC1CCC1.CC1CCCC1. The van der Waals surface area contributed by atoms with E-state index in [0.717, 1.165) is 11.8 Å². The van der Waals surface area contributed by atoms with Crippen LogP contribution in [0.25, 0.3) is 0 Å². The van der Waals surface area contributed by atoms with Gasteiger partial charge in [0.2, 0.25) is 0 Å². The standard InChI is InChI=1S/C6H12.C5H10.CH4/c1-6-4-2-3-5-6;1-5-3-2-4-5;/h6H,2-5H2,1H3;5H,2-4H2,1H3;1H4. The van der Waals surface area contributed by atoms with Gasteiger partial charge in [-0.25, -0.2) is 0 Å². The molecule has 0 bridgehead atoms. The minimum absolute atomic E-state index is 0. The molecule has 0 heteroatoms. The van der Waals surface area contributed by atoms with Crippen molar-refractivity contribution >= 4 is 0 Å². The van der Waals surface area contributed by atoms with Gasteiger partial charge in [-0.15, -0.1) is 0 Å². The van der Waals surface area contributed by atoms with E-state index in [0.29, 0.717) is 0 Å². The van der Waals surface area contributed by atoms with Crippen LogP contribution in [0.3, 0.4) is 0 Å². The smallest absolute Gasteiger partial charge is 0.0443 e. The summed E-state index contributed by atoms with van der Waals surface area (Å²) < 4.78 is 0. The fourth-order valence-electron chi connectivity index (χ4n) is 1.74. The Hall–Kier alpha value is 0. The van der Waals surface area contributed by atoms with Gasteiger partial charge >= 0.3 is 0 Å². The van der Waals surface area contributed by atoms with E-state index in [9.17, 15) is 0 Å². The molecule has 0 saturated heterocycles. The van der Waals surface area contributed by atoms with Gasteiger partial charge in [0.25, 0.3) is 0 Å². The Labute approximate surface area is 78.8 Å². The van der Waals surface area contributed by atoms with Crippen LogP contribution in [0.15, 0.2) is 0 Å². The van der Waals surface area contributed by atoms with Crippen molar-refractivity contribution in [1.82, 2.24) is 0 Å². The molecule has 2 aliphatic rings. The molecule has 0 radical (unpaired) electrons. The highest BCUT2D eigenvalue weighted by atomic mass is 14.1. The quantitative estimate of drug-likeness (QED) is 0.497. The minimum Gasteiger partial charge on any atom is -0.0776 e. The van der Waals surface area contributed by atoms with Gasteiger partial charge in [-0.1, -0.05) is 66.2 Å². The summed E-state index contributed by atoms with van der Waals surface area (Å²) in [7, 11) is 0. The molecule has 0 amide bonds. The summed E-state index contributed by atoms with van der Waals surface area (Å²) in [4.78, 5) is 0. The lowest BCUT2D eigenvalue weighted by Crippen LogP contribution is -2.04. The first-order valence-corrected chi connectivity index (χ1v) is 5.29. The summed E-state index contributed by atoms with van der Waals surface area (Å²) >= 11 is 0. The lowest BCUT2D eigenvalue weighted by Gasteiger charge is -2.18. The van der Waals surface area contributed by atoms with Crippen molar-refractivity contribution in [2.24, 2.45) is 11.8 Å². The molecular formula is C12H26. The largest absolute Gasteiger partial charge is 0.0776 e. The third kappa shape index (κ3) is 4.79. The Bertz CT molecular complexity index is 86.2. The van der Waals surface area contributed by atoms with E-state index in [4.69, 9.17) is 0 Å². The molecule has 0 spiro atoms. The second-order valence-corrected chi connectivity index (χ2v) is 4.43. The number of hydrogen-bond donors (Lipinski definition) is 0. The fourth-order valence-corrected chi connectivity index (χ4v) is 1.74. The molecular weight excluding hydrogens is 144 g/mol. The Morgan fingerprint density at radius 1 is 0.667 bits per heavy atom. The summed E-state index contributed by atoms with van der Waals surface area (Å²) in [5, 5.41) is 0. The van der Waals surface area contributed by atoms with E-state index in [1.807, 2.05) is 0 Å². The summed E-state index contributed by atoms with van der Waals surface area (Å²) in [5.41, 5.74) is 0. The Morgan fingerprint density at radius 2 is 1.00 bits per heavy atom. The monoisotopic (exact) mass is 170 g/mol. The highest BCUT2D eigenvalue weighted by Gasteiger charge is 2.09. The van der Waals surface area contributed by atoms with Crippen molar-refractivity contribution in [2.75, 3.05) is 0 Å². The molecule has 0 aromatic rings. The second-order valence-electron chi connectivity index (χ2n) is 4.43. The number of rotatable bonds is 0. The molecule has 0 N–H and O–H groups in total. The Balaban J connectivity index is 0.000000189. The molecule has 0 aromatic heterocycles. The molecule has 0 nitrogen and oxygen atoms in total. The van der Waals surface area contributed by atoms with Crippen LogP contribution in [0, 0.1) is 11.8 Å². The zero-order valence-electron chi connectivity index (χ0n) is 8.10. The number of hydrogen-bond acceptors (Lipinski definition) is 0. The van der Waals surface area contributed by atoms with Gasteiger partial charge in [-0.05, 0) is 11.8 Å².